The molecule has 2 heteroatoms. The Labute approximate surface area is 96.9 Å². The van der Waals surface area contributed by atoms with Crippen molar-refractivity contribution < 1.29 is 4.74 Å². The topological polar surface area (TPSA) is 33.0 Å². The molecule has 0 atom stereocenters. The highest BCUT2D eigenvalue weighted by Crippen LogP contribution is 2.27. The molecule has 0 N–H and O–H groups in total. The lowest BCUT2D eigenvalue weighted by molar-refractivity contribution is 0.135. The highest BCUT2D eigenvalue weighted by molar-refractivity contribution is 5.36. The van der Waals surface area contributed by atoms with E-state index in [-0.39, 0.29) is 0 Å². The van der Waals surface area contributed by atoms with Crippen molar-refractivity contribution in [3.8, 4) is 11.8 Å². The minimum atomic E-state index is 0.338. The summed E-state index contributed by atoms with van der Waals surface area (Å²) in [5.41, 5.74) is 0.668. The summed E-state index contributed by atoms with van der Waals surface area (Å²) in [5.74, 6) is 1.67. The Morgan fingerprint density at radius 1 is 1.25 bits per heavy atom. The average Bonchev–Trinajstić information content (AvgIpc) is 2.32. The third-order valence-corrected chi connectivity index (χ3v) is 3.23. The maximum absolute atomic E-state index is 8.80. The lowest BCUT2D eigenvalue weighted by atomic mass is 9.89. The highest BCUT2D eigenvalue weighted by Gasteiger charge is 2.19. The number of nitriles is 1. The fraction of sp³-hybridized carbons (Fsp3) is 0.500. The van der Waals surface area contributed by atoms with E-state index in [0.717, 1.165) is 24.5 Å². The number of benzene rings is 1. The summed E-state index contributed by atoms with van der Waals surface area (Å²) in [7, 11) is 0. The first kappa shape index (κ1) is 11.0. The van der Waals surface area contributed by atoms with E-state index in [9.17, 15) is 0 Å². The van der Waals surface area contributed by atoms with Crippen molar-refractivity contribution >= 4 is 0 Å². The zero-order valence-electron chi connectivity index (χ0n) is 9.65. The van der Waals surface area contributed by atoms with Gasteiger partial charge in [0.25, 0.3) is 0 Å². The van der Waals surface area contributed by atoms with Gasteiger partial charge in [-0.1, -0.05) is 13.0 Å². The molecule has 0 saturated heterocycles. The molecule has 1 aromatic carbocycles. The Bertz CT molecular complexity index is 386. The molecule has 0 radical (unpaired) electrons. The van der Waals surface area contributed by atoms with Crippen LogP contribution >= 0.6 is 0 Å². The van der Waals surface area contributed by atoms with Gasteiger partial charge in [-0.05, 0) is 49.8 Å². The maximum Gasteiger partial charge on any atom is 0.121 e. The highest BCUT2D eigenvalue weighted by atomic mass is 16.5. The van der Waals surface area contributed by atoms with Crippen molar-refractivity contribution in [1.29, 1.82) is 5.26 Å². The Kier molecular flexibility index (Phi) is 3.46. The smallest absolute Gasteiger partial charge is 0.121 e. The van der Waals surface area contributed by atoms with E-state index in [0.29, 0.717) is 11.7 Å². The van der Waals surface area contributed by atoms with Crippen LogP contribution in [0.4, 0.5) is 0 Å². The second-order valence-corrected chi connectivity index (χ2v) is 4.64. The molecule has 84 valence electrons. The molecular formula is C14H17NO. The molecule has 0 heterocycles. The molecule has 1 saturated carbocycles. The maximum atomic E-state index is 8.80. The van der Waals surface area contributed by atoms with Crippen molar-refractivity contribution in [1.82, 2.24) is 0 Å². The Morgan fingerprint density at radius 2 is 2.00 bits per heavy atom. The quantitative estimate of drug-likeness (QED) is 0.756. The van der Waals surface area contributed by atoms with E-state index in [1.165, 1.54) is 12.8 Å². The van der Waals surface area contributed by atoms with Crippen LogP contribution in [0.25, 0.3) is 0 Å². The van der Waals surface area contributed by atoms with Gasteiger partial charge < -0.3 is 4.74 Å². The van der Waals surface area contributed by atoms with Crippen LogP contribution in [-0.4, -0.2) is 6.10 Å². The zero-order chi connectivity index (χ0) is 11.4. The van der Waals surface area contributed by atoms with Gasteiger partial charge in [0.05, 0.1) is 17.7 Å². The van der Waals surface area contributed by atoms with E-state index < -0.39 is 0 Å². The van der Waals surface area contributed by atoms with Gasteiger partial charge in [0.2, 0.25) is 0 Å². The molecule has 0 aromatic heterocycles. The second-order valence-electron chi connectivity index (χ2n) is 4.64. The summed E-state index contributed by atoms with van der Waals surface area (Å²) in [6.45, 7) is 2.30. The molecule has 1 aliphatic rings. The summed E-state index contributed by atoms with van der Waals surface area (Å²) in [6, 6.07) is 9.55. The van der Waals surface area contributed by atoms with Crippen molar-refractivity contribution in [3.05, 3.63) is 29.8 Å². The minimum absolute atomic E-state index is 0.338. The molecule has 0 spiro atoms. The van der Waals surface area contributed by atoms with Crippen molar-refractivity contribution in [3.63, 3.8) is 0 Å². The minimum Gasteiger partial charge on any atom is -0.490 e. The van der Waals surface area contributed by atoms with Gasteiger partial charge >= 0.3 is 0 Å². The molecular weight excluding hydrogens is 198 g/mol. The molecule has 16 heavy (non-hydrogen) atoms. The van der Waals surface area contributed by atoms with Crippen LogP contribution < -0.4 is 4.74 Å². The van der Waals surface area contributed by atoms with E-state index in [1.54, 1.807) is 6.07 Å². The average molecular weight is 215 g/mol. The zero-order valence-corrected chi connectivity index (χ0v) is 9.65. The van der Waals surface area contributed by atoms with Gasteiger partial charge in [0.15, 0.2) is 0 Å². The second kappa shape index (κ2) is 5.03. The monoisotopic (exact) mass is 215 g/mol. The van der Waals surface area contributed by atoms with Crippen molar-refractivity contribution in [2.75, 3.05) is 0 Å². The predicted molar refractivity (Wildman–Crippen MR) is 63.2 cm³/mol. The summed E-state index contributed by atoms with van der Waals surface area (Å²) in [5, 5.41) is 8.80. The number of rotatable bonds is 2. The molecule has 1 aliphatic carbocycles. The predicted octanol–water partition coefficient (Wildman–Crippen LogP) is 3.52. The first-order valence-electron chi connectivity index (χ1n) is 5.95. The summed E-state index contributed by atoms with van der Waals surface area (Å²) < 4.78 is 5.90. The van der Waals surface area contributed by atoms with Gasteiger partial charge in [-0.2, -0.15) is 5.26 Å². The van der Waals surface area contributed by atoms with Crippen molar-refractivity contribution in [2.45, 2.75) is 38.7 Å². The van der Waals surface area contributed by atoms with Gasteiger partial charge in [-0.25, -0.2) is 0 Å². The van der Waals surface area contributed by atoms with Gasteiger partial charge in [0, 0.05) is 0 Å². The third-order valence-electron chi connectivity index (χ3n) is 3.23. The number of hydrogen-bond acceptors (Lipinski definition) is 2. The summed E-state index contributed by atoms with van der Waals surface area (Å²) >= 11 is 0. The number of hydrogen-bond donors (Lipinski definition) is 0. The summed E-state index contributed by atoms with van der Waals surface area (Å²) in [6.07, 6.45) is 5.12. The van der Waals surface area contributed by atoms with Gasteiger partial charge in [-0.3, -0.25) is 0 Å². The molecule has 1 aromatic rings. The van der Waals surface area contributed by atoms with Crippen LogP contribution in [0.1, 0.15) is 38.2 Å². The first-order chi connectivity index (χ1) is 7.78. The van der Waals surface area contributed by atoms with E-state index in [4.69, 9.17) is 10.00 Å². The van der Waals surface area contributed by atoms with Gasteiger partial charge in [0.1, 0.15) is 5.75 Å². The summed E-state index contributed by atoms with van der Waals surface area (Å²) in [4.78, 5) is 0. The van der Waals surface area contributed by atoms with Crippen LogP contribution in [0.2, 0.25) is 0 Å². The van der Waals surface area contributed by atoms with E-state index in [2.05, 4.69) is 13.0 Å². The molecule has 2 rings (SSSR count). The van der Waals surface area contributed by atoms with Crippen LogP contribution in [0.5, 0.6) is 5.75 Å². The van der Waals surface area contributed by atoms with Crippen LogP contribution in [0.3, 0.4) is 0 Å². The molecule has 0 bridgehead atoms. The van der Waals surface area contributed by atoms with Crippen LogP contribution in [0.15, 0.2) is 24.3 Å². The Balaban J connectivity index is 1.96. The normalized spacial score (nSPS) is 24.8. The Hall–Kier alpha value is -1.49. The third kappa shape index (κ3) is 2.76. The largest absolute Gasteiger partial charge is 0.490 e. The van der Waals surface area contributed by atoms with Crippen molar-refractivity contribution in [2.24, 2.45) is 5.92 Å². The fourth-order valence-corrected chi connectivity index (χ4v) is 2.18. The molecule has 0 amide bonds. The molecule has 1 fully saturated rings. The SMILES string of the molecule is CC1CCC(Oc2cccc(C#N)c2)CC1. The number of nitrogens with zero attached hydrogens (tertiary/aromatic N) is 1. The standard InChI is InChI=1S/C14H17NO/c1-11-5-7-13(8-6-11)16-14-4-2-3-12(9-14)10-15/h2-4,9,11,13H,5-8H2,1H3. The lowest BCUT2D eigenvalue weighted by Gasteiger charge is -2.26. The fourth-order valence-electron chi connectivity index (χ4n) is 2.18. The Morgan fingerprint density at radius 3 is 2.69 bits per heavy atom. The van der Waals surface area contributed by atoms with Crippen LogP contribution in [-0.2, 0) is 0 Å². The number of ether oxygens (including phenoxy) is 1. The van der Waals surface area contributed by atoms with Crippen LogP contribution in [0, 0.1) is 17.2 Å². The van der Waals surface area contributed by atoms with E-state index in [1.807, 2.05) is 18.2 Å². The molecule has 0 aliphatic heterocycles. The molecule has 2 nitrogen and oxygen atoms in total. The van der Waals surface area contributed by atoms with Gasteiger partial charge in [-0.15, -0.1) is 0 Å². The first-order valence-corrected chi connectivity index (χ1v) is 5.95. The molecule has 0 unspecified atom stereocenters. The van der Waals surface area contributed by atoms with E-state index >= 15 is 0 Å². The lowest BCUT2D eigenvalue weighted by Crippen LogP contribution is -2.22.